The fraction of sp³-hybridized carbons (Fsp3) is 0.308. The fourth-order valence-electron chi connectivity index (χ4n) is 4.06. The van der Waals surface area contributed by atoms with E-state index in [0.717, 1.165) is 12.8 Å². The molecular formula is C26H29N3O2S. The van der Waals surface area contributed by atoms with Crippen LogP contribution in [0.5, 0.6) is 0 Å². The Hall–Kier alpha value is -2.96. The topological polar surface area (TPSA) is 61.4 Å². The van der Waals surface area contributed by atoms with Crippen molar-refractivity contribution in [3.05, 3.63) is 91.6 Å². The number of hydrogen-bond donors (Lipinski definition) is 2. The first-order valence-corrected chi connectivity index (χ1v) is 11.8. The van der Waals surface area contributed by atoms with Gasteiger partial charge in [-0.15, -0.1) is 11.3 Å². The number of likely N-dealkylation sites (N-methyl/N-ethyl adjacent to an activating group) is 1. The molecule has 1 unspecified atom stereocenters. The Morgan fingerprint density at radius 3 is 2.34 bits per heavy atom. The molecule has 32 heavy (non-hydrogen) atoms. The van der Waals surface area contributed by atoms with Crippen molar-refractivity contribution >= 4 is 32.8 Å². The van der Waals surface area contributed by atoms with Crippen molar-refractivity contribution in [1.29, 1.82) is 0 Å². The summed E-state index contributed by atoms with van der Waals surface area (Å²) in [5, 5.41) is 9.97. The van der Waals surface area contributed by atoms with E-state index < -0.39 is 10.9 Å². The summed E-state index contributed by atoms with van der Waals surface area (Å²) in [6, 6.07) is 18.9. The van der Waals surface area contributed by atoms with Gasteiger partial charge in [0.1, 0.15) is 11.4 Å². The monoisotopic (exact) mass is 447 g/mol. The number of rotatable bonds is 10. The van der Waals surface area contributed by atoms with Crippen LogP contribution in [-0.2, 0) is 12.8 Å². The molecule has 0 bridgehead atoms. The molecule has 5 nitrogen and oxygen atoms in total. The Kier molecular flexibility index (Phi) is 6.72. The minimum atomic E-state index is -0.432. The van der Waals surface area contributed by atoms with E-state index >= 15 is 0 Å². The van der Waals surface area contributed by atoms with Gasteiger partial charge in [0, 0.05) is 23.3 Å². The van der Waals surface area contributed by atoms with Crippen molar-refractivity contribution in [2.75, 3.05) is 31.3 Å². The second-order valence-electron chi connectivity index (χ2n) is 8.60. The molecule has 1 aromatic heterocycles. The van der Waals surface area contributed by atoms with Crippen LogP contribution >= 0.6 is 11.3 Å². The lowest BCUT2D eigenvalue weighted by Gasteiger charge is -2.26. The smallest absolute Gasteiger partial charge is 0.253 e. The highest BCUT2D eigenvalue weighted by Crippen LogP contribution is 2.27. The molecule has 0 aliphatic rings. The zero-order valence-corrected chi connectivity index (χ0v) is 19.5. The number of thiophene rings is 1. The zero-order valence-electron chi connectivity index (χ0n) is 18.7. The van der Waals surface area contributed by atoms with Crippen LogP contribution in [-0.4, -0.2) is 37.6 Å². The average Bonchev–Trinajstić information content (AvgIpc) is 3.20. The molecule has 6 heteroatoms. The molecule has 0 fully saturated rings. The Labute approximate surface area is 192 Å². The largest absolute Gasteiger partial charge is 0.378 e. The van der Waals surface area contributed by atoms with Gasteiger partial charge in [0.25, 0.3) is 10.9 Å². The predicted octanol–water partition coefficient (Wildman–Crippen LogP) is 4.13. The Bertz CT molecular complexity index is 1260. The van der Waals surface area contributed by atoms with Gasteiger partial charge in [-0.25, -0.2) is 0 Å². The second kappa shape index (κ2) is 9.67. The molecule has 4 aromatic rings. The average molecular weight is 448 g/mol. The minimum absolute atomic E-state index is 0.0332. The third kappa shape index (κ3) is 4.76. The molecule has 166 valence electrons. The van der Waals surface area contributed by atoms with Gasteiger partial charge in [-0.3, -0.25) is 9.59 Å². The molecule has 2 atom stereocenters. The van der Waals surface area contributed by atoms with Gasteiger partial charge in [0.2, 0.25) is 0 Å². The molecule has 0 amide bonds. The minimum Gasteiger partial charge on any atom is -0.378 e. The summed E-state index contributed by atoms with van der Waals surface area (Å²) < 4.78 is 1.26. The van der Waals surface area contributed by atoms with Crippen LogP contribution in [0, 0.1) is 0 Å². The van der Waals surface area contributed by atoms with Crippen molar-refractivity contribution in [1.82, 2.24) is 4.90 Å². The molecule has 0 saturated carbocycles. The van der Waals surface area contributed by atoms with E-state index in [2.05, 4.69) is 45.2 Å². The van der Waals surface area contributed by atoms with Crippen molar-refractivity contribution < 1.29 is 0 Å². The van der Waals surface area contributed by atoms with Gasteiger partial charge in [0.05, 0.1) is 0 Å². The predicted molar refractivity (Wildman–Crippen MR) is 136 cm³/mol. The molecule has 0 aliphatic heterocycles. The summed E-state index contributed by atoms with van der Waals surface area (Å²) in [6.45, 7) is 2.64. The van der Waals surface area contributed by atoms with Crippen molar-refractivity contribution in [3.8, 4) is 0 Å². The quantitative estimate of drug-likeness (QED) is 0.358. The van der Waals surface area contributed by atoms with Gasteiger partial charge in [-0.05, 0) is 61.8 Å². The maximum atomic E-state index is 12.3. The summed E-state index contributed by atoms with van der Waals surface area (Å²) >= 11 is 1.73. The number of anilines is 2. The molecule has 0 spiro atoms. The highest BCUT2D eigenvalue weighted by molar-refractivity contribution is 7.17. The summed E-state index contributed by atoms with van der Waals surface area (Å²) in [4.78, 5) is 26.7. The van der Waals surface area contributed by atoms with Crippen LogP contribution in [0.4, 0.5) is 11.4 Å². The van der Waals surface area contributed by atoms with E-state index in [-0.39, 0.29) is 12.1 Å². The Morgan fingerprint density at radius 1 is 0.906 bits per heavy atom. The highest BCUT2D eigenvalue weighted by atomic mass is 32.1. The first kappa shape index (κ1) is 22.2. The highest BCUT2D eigenvalue weighted by Gasteiger charge is 2.24. The zero-order chi connectivity index (χ0) is 22.7. The van der Waals surface area contributed by atoms with Crippen molar-refractivity contribution in [2.45, 2.75) is 31.8 Å². The number of nitrogens with one attached hydrogen (secondary N) is 2. The summed E-state index contributed by atoms with van der Waals surface area (Å²) in [6.07, 6.45) is 1.65. The lowest BCUT2D eigenvalue weighted by Crippen LogP contribution is -2.43. The van der Waals surface area contributed by atoms with Gasteiger partial charge >= 0.3 is 0 Å². The first-order valence-electron chi connectivity index (χ1n) is 10.9. The summed E-state index contributed by atoms with van der Waals surface area (Å²) in [5.41, 5.74) is 2.47. The number of benzene rings is 2. The van der Waals surface area contributed by atoms with Gasteiger partial charge in [-0.1, -0.05) is 48.5 Å². The maximum Gasteiger partial charge on any atom is 0.253 e. The fourth-order valence-corrected chi connectivity index (χ4v) is 5.04. The standard InChI is InChI=1S/C26H29N3O2S/c1-17(13-19-16-32-22-12-8-7-11-21(19)22)28-24-23(25(30)26(24)31)27-15-20(29(2)3)14-18-9-5-4-6-10-18/h4-12,16-17,20,27-28H,13-15H2,1-3H3/t17-,20?/m1/s1. The number of hydrogen-bond acceptors (Lipinski definition) is 6. The van der Waals surface area contributed by atoms with E-state index in [9.17, 15) is 9.59 Å². The van der Waals surface area contributed by atoms with Crippen molar-refractivity contribution in [2.24, 2.45) is 0 Å². The Morgan fingerprint density at radius 2 is 1.59 bits per heavy atom. The van der Waals surface area contributed by atoms with Crippen LogP contribution < -0.4 is 21.5 Å². The summed E-state index contributed by atoms with van der Waals surface area (Å²) in [7, 11) is 4.06. The van der Waals surface area contributed by atoms with E-state index in [1.807, 2.05) is 51.4 Å². The van der Waals surface area contributed by atoms with E-state index in [1.54, 1.807) is 11.3 Å². The molecule has 1 heterocycles. The van der Waals surface area contributed by atoms with Crippen molar-refractivity contribution in [3.63, 3.8) is 0 Å². The van der Waals surface area contributed by atoms with Gasteiger partial charge in [-0.2, -0.15) is 0 Å². The lowest BCUT2D eigenvalue weighted by atomic mass is 10.0. The third-order valence-electron chi connectivity index (χ3n) is 5.95. The molecule has 3 aromatic carbocycles. The number of nitrogens with zero attached hydrogens (tertiary/aromatic N) is 1. The summed E-state index contributed by atoms with van der Waals surface area (Å²) in [5.74, 6) is 0. The van der Waals surface area contributed by atoms with Gasteiger partial charge in [0.15, 0.2) is 0 Å². The van der Waals surface area contributed by atoms with Crippen LogP contribution in [0.2, 0.25) is 0 Å². The van der Waals surface area contributed by atoms with Crippen LogP contribution in [0.1, 0.15) is 18.1 Å². The first-order chi connectivity index (χ1) is 15.4. The second-order valence-corrected chi connectivity index (χ2v) is 9.51. The number of fused-ring (bicyclic) bond motifs is 1. The molecule has 0 radical (unpaired) electrons. The lowest BCUT2D eigenvalue weighted by molar-refractivity contribution is 0.303. The molecule has 0 saturated heterocycles. The molecule has 4 rings (SSSR count). The van der Waals surface area contributed by atoms with E-state index in [1.165, 1.54) is 21.2 Å². The molecule has 2 N–H and O–H groups in total. The third-order valence-corrected chi connectivity index (χ3v) is 6.96. The van der Waals surface area contributed by atoms with E-state index in [4.69, 9.17) is 0 Å². The van der Waals surface area contributed by atoms with E-state index in [0.29, 0.717) is 17.9 Å². The molecule has 0 aliphatic carbocycles. The van der Waals surface area contributed by atoms with Crippen LogP contribution in [0.3, 0.4) is 0 Å². The van der Waals surface area contributed by atoms with Gasteiger partial charge < -0.3 is 15.5 Å². The molecular weight excluding hydrogens is 418 g/mol. The Balaban J connectivity index is 1.41. The van der Waals surface area contributed by atoms with Crippen LogP contribution in [0.25, 0.3) is 10.1 Å². The van der Waals surface area contributed by atoms with Crippen LogP contribution in [0.15, 0.2) is 69.6 Å². The normalized spacial score (nSPS) is 13.5. The maximum absolute atomic E-state index is 12.3. The SMILES string of the molecule is C[C@H](Cc1csc2ccccc12)Nc1c(NCC(Cc2ccccc2)N(C)C)c(=O)c1=O.